The van der Waals surface area contributed by atoms with Crippen LogP contribution < -0.4 is 5.32 Å². The van der Waals surface area contributed by atoms with E-state index in [2.05, 4.69) is 10.2 Å². The summed E-state index contributed by atoms with van der Waals surface area (Å²) in [6.45, 7) is 11.8. The molecule has 1 fully saturated rings. The number of hydrogen-bond donors (Lipinski definition) is 1. The third kappa shape index (κ3) is 6.42. The number of hydrogen-bond acceptors (Lipinski definition) is 5. The topological polar surface area (TPSA) is 67.9 Å². The van der Waals surface area contributed by atoms with Gasteiger partial charge >= 0.3 is 5.97 Å². The smallest absolute Gasteiger partial charge is 0.329 e. The summed E-state index contributed by atoms with van der Waals surface area (Å²) >= 11 is 0. The Bertz CT molecular complexity index is 938. The molecule has 0 saturated carbocycles. The van der Waals surface area contributed by atoms with Gasteiger partial charge in [-0.15, -0.1) is 0 Å². The van der Waals surface area contributed by atoms with E-state index in [1.54, 1.807) is 0 Å². The van der Waals surface area contributed by atoms with Gasteiger partial charge in [0, 0.05) is 6.42 Å². The van der Waals surface area contributed by atoms with Gasteiger partial charge in [0.15, 0.2) is 0 Å². The lowest BCUT2D eigenvalue weighted by Crippen LogP contribution is -2.56. The van der Waals surface area contributed by atoms with Gasteiger partial charge in [-0.2, -0.15) is 0 Å². The first kappa shape index (κ1) is 24.9. The van der Waals surface area contributed by atoms with E-state index in [1.807, 2.05) is 102 Å². The van der Waals surface area contributed by atoms with Crippen molar-refractivity contribution in [3.63, 3.8) is 0 Å². The highest BCUT2D eigenvalue weighted by Gasteiger charge is 2.46. The van der Waals surface area contributed by atoms with E-state index >= 15 is 0 Å². The first-order valence-corrected chi connectivity index (χ1v) is 11.5. The van der Waals surface area contributed by atoms with Crippen molar-refractivity contribution < 1.29 is 19.1 Å². The molecule has 1 N–H and O–H groups in total. The van der Waals surface area contributed by atoms with E-state index in [4.69, 9.17) is 9.47 Å². The van der Waals surface area contributed by atoms with E-state index < -0.39 is 29.4 Å². The van der Waals surface area contributed by atoms with Crippen LogP contribution in [0.15, 0.2) is 60.7 Å². The summed E-state index contributed by atoms with van der Waals surface area (Å²) in [6.07, 6.45) is 0.357. The number of carbonyl (C=O) groups is 2. The Morgan fingerprint density at radius 1 is 1.09 bits per heavy atom. The molecule has 0 bridgehead atoms. The van der Waals surface area contributed by atoms with Gasteiger partial charge in [-0.05, 0) is 52.7 Å². The molecule has 33 heavy (non-hydrogen) atoms. The largest absolute Gasteiger partial charge is 0.458 e. The van der Waals surface area contributed by atoms with Crippen molar-refractivity contribution in [1.82, 2.24) is 10.2 Å². The molecule has 6 nitrogen and oxygen atoms in total. The second-order valence-electron chi connectivity index (χ2n) is 10.1. The minimum Gasteiger partial charge on any atom is -0.458 e. The van der Waals surface area contributed by atoms with Gasteiger partial charge in [0.1, 0.15) is 17.4 Å². The number of esters is 1. The second kappa shape index (κ2) is 10.1. The standard InChI is InChI=1S/C27H36N2O4/c1-19(29-23(18-32-27(29,5)6)21-15-11-8-12-16-21)24(30)28-22(25(31)33-26(2,3)4)17-20-13-9-7-10-14-20/h7-16,19,22-23H,17-18H2,1-6H3,(H,28,30)/t19-,22-,23-/m0/s1. The lowest BCUT2D eigenvalue weighted by Gasteiger charge is -2.38. The Morgan fingerprint density at radius 3 is 2.24 bits per heavy atom. The molecule has 3 atom stereocenters. The van der Waals surface area contributed by atoms with Gasteiger partial charge in [0.2, 0.25) is 5.91 Å². The second-order valence-corrected chi connectivity index (χ2v) is 10.1. The predicted octanol–water partition coefficient (Wildman–Crippen LogP) is 4.25. The molecule has 178 valence electrons. The molecule has 1 saturated heterocycles. The molecule has 0 radical (unpaired) electrons. The van der Waals surface area contributed by atoms with Gasteiger partial charge < -0.3 is 14.8 Å². The fourth-order valence-corrected chi connectivity index (χ4v) is 4.32. The fourth-order valence-electron chi connectivity index (χ4n) is 4.32. The minimum absolute atomic E-state index is 0.0592. The summed E-state index contributed by atoms with van der Waals surface area (Å²) in [6, 6.07) is 18.3. The number of nitrogens with zero attached hydrogens (tertiary/aromatic N) is 1. The molecule has 2 aromatic rings. The number of benzene rings is 2. The van der Waals surface area contributed by atoms with Crippen molar-refractivity contribution in [2.75, 3.05) is 6.61 Å². The first-order chi connectivity index (χ1) is 15.5. The highest BCUT2D eigenvalue weighted by molar-refractivity contribution is 5.87. The Balaban J connectivity index is 1.81. The molecule has 0 aliphatic carbocycles. The summed E-state index contributed by atoms with van der Waals surface area (Å²) in [7, 11) is 0. The van der Waals surface area contributed by atoms with Gasteiger partial charge in [-0.1, -0.05) is 60.7 Å². The van der Waals surface area contributed by atoms with Gasteiger partial charge in [-0.3, -0.25) is 9.69 Å². The molecule has 1 amide bonds. The van der Waals surface area contributed by atoms with Gasteiger partial charge in [0.05, 0.1) is 18.7 Å². The fraction of sp³-hybridized carbons (Fsp3) is 0.481. The Labute approximate surface area is 197 Å². The average Bonchev–Trinajstić information content (AvgIpc) is 3.07. The summed E-state index contributed by atoms with van der Waals surface area (Å²) in [5, 5.41) is 2.96. The molecule has 1 aliphatic heterocycles. The minimum atomic E-state index is -0.789. The summed E-state index contributed by atoms with van der Waals surface area (Å²) < 4.78 is 11.7. The number of amides is 1. The van der Waals surface area contributed by atoms with Crippen molar-refractivity contribution in [3.8, 4) is 0 Å². The summed E-state index contributed by atoms with van der Waals surface area (Å²) in [5.41, 5.74) is 0.771. The molecule has 1 aliphatic rings. The van der Waals surface area contributed by atoms with E-state index in [-0.39, 0.29) is 11.9 Å². The maximum Gasteiger partial charge on any atom is 0.329 e. The van der Waals surface area contributed by atoms with Crippen LogP contribution in [0.25, 0.3) is 0 Å². The van der Waals surface area contributed by atoms with Crippen molar-refractivity contribution >= 4 is 11.9 Å². The van der Waals surface area contributed by atoms with Crippen LogP contribution in [0.5, 0.6) is 0 Å². The van der Waals surface area contributed by atoms with E-state index in [9.17, 15) is 9.59 Å². The van der Waals surface area contributed by atoms with Crippen LogP contribution in [0.3, 0.4) is 0 Å². The molecule has 3 rings (SSSR count). The summed E-state index contributed by atoms with van der Waals surface area (Å²) in [4.78, 5) is 28.5. The van der Waals surface area contributed by atoms with Crippen LogP contribution in [0, 0.1) is 0 Å². The zero-order valence-corrected chi connectivity index (χ0v) is 20.5. The maximum absolute atomic E-state index is 13.4. The molecule has 6 heteroatoms. The third-order valence-electron chi connectivity index (χ3n) is 5.82. The van der Waals surface area contributed by atoms with Crippen molar-refractivity contribution in [1.29, 1.82) is 0 Å². The lowest BCUT2D eigenvalue weighted by atomic mass is 10.0. The Kier molecular flexibility index (Phi) is 7.60. The molecular weight excluding hydrogens is 416 g/mol. The van der Waals surface area contributed by atoms with Crippen LogP contribution in [0.2, 0.25) is 0 Å². The zero-order chi connectivity index (χ0) is 24.2. The molecule has 2 aromatic carbocycles. The number of nitrogens with one attached hydrogen (secondary N) is 1. The van der Waals surface area contributed by atoms with Crippen LogP contribution >= 0.6 is 0 Å². The molecular formula is C27H36N2O4. The predicted molar refractivity (Wildman–Crippen MR) is 128 cm³/mol. The van der Waals surface area contributed by atoms with Crippen LogP contribution in [-0.2, 0) is 25.5 Å². The van der Waals surface area contributed by atoms with Crippen molar-refractivity contribution in [2.45, 2.75) is 77.4 Å². The molecule has 0 aromatic heterocycles. The normalized spacial score (nSPS) is 20.1. The monoisotopic (exact) mass is 452 g/mol. The van der Waals surface area contributed by atoms with Gasteiger partial charge in [-0.25, -0.2) is 4.79 Å². The van der Waals surface area contributed by atoms with Crippen molar-refractivity contribution in [2.24, 2.45) is 0 Å². The number of rotatable bonds is 7. The van der Waals surface area contributed by atoms with Crippen LogP contribution in [0.4, 0.5) is 0 Å². The lowest BCUT2D eigenvalue weighted by molar-refractivity contribution is -0.159. The molecule has 1 heterocycles. The van der Waals surface area contributed by atoms with Crippen LogP contribution in [-0.4, -0.2) is 46.8 Å². The Morgan fingerprint density at radius 2 is 1.67 bits per heavy atom. The molecule has 0 unspecified atom stereocenters. The number of carbonyl (C=O) groups excluding carboxylic acids is 2. The first-order valence-electron chi connectivity index (χ1n) is 11.5. The Hall–Kier alpha value is -2.70. The van der Waals surface area contributed by atoms with Crippen LogP contribution in [0.1, 0.15) is 58.7 Å². The zero-order valence-electron chi connectivity index (χ0n) is 20.5. The third-order valence-corrected chi connectivity index (χ3v) is 5.82. The quantitative estimate of drug-likeness (QED) is 0.636. The summed E-state index contributed by atoms with van der Waals surface area (Å²) in [5.74, 6) is -0.676. The highest BCUT2D eigenvalue weighted by Crippen LogP contribution is 2.38. The van der Waals surface area contributed by atoms with Gasteiger partial charge in [0.25, 0.3) is 0 Å². The van der Waals surface area contributed by atoms with E-state index in [0.29, 0.717) is 13.0 Å². The average molecular weight is 453 g/mol. The van der Waals surface area contributed by atoms with E-state index in [1.165, 1.54) is 0 Å². The SMILES string of the molecule is C[C@@H](C(=O)N[C@@H](Cc1ccccc1)C(=O)OC(C)(C)C)N1[C@H](c2ccccc2)COC1(C)C. The highest BCUT2D eigenvalue weighted by atomic mass is 16.6. The maximum atomic E-state index is 13.4. The van der Waals surface area contributed by atoms with Crippen molar-refractivity contribution in [3.05, 3.63) is 71.8 Å². The molecule has 0 spiro atoms. The van der Waals surface area contributed by atoms with E-state index in [0.717, 1.165) is 11.1 Å². The number of ether oxygens (including phenoxy) is 2.